The van der Waals surface area contributed by atoms with Gasteiger partial charge in [0.15, 0.2) is 11.1 Å². The highest BCUT2D eigenvalue weighted by molar-refractivity contribution is 7.80. The first-order chi connectivity index (χ1) is 7.41. The molecule has 0 N–H and O–H groups in total. The molecule has 0 saturated heterocycles. The Bertz CT molecular complexity index is 238. The van der Waals surface area contributed by atoms with Crippen molar-refractivity contribution in [3.05, 3.63) is 0 Å². The van der Waals surface area contributed by atoms with Gasteiger partial charge in [0.05, 0.1) is 11.4 Å². The average Bonchev–Trinajstić information content (AvgIpc) is 2.20. The Kier molecular flexibility index (Phi) is 5.45. The summed E-state index contributed by atoms with van der Waals surface area (Å²) in [7, 11) is 0. The van der Waals surface area contributed by atoms with Gasteiger partial charge in [0.1, 0.15) is 0 Å². The van der Waals surface area contributed by atoms with Crippen molar-refractivity contribution in [3.63, 3.8) is 0 Å². The molecule has 0 aliphatic heterocycles. The van der Waals surface area contributed by atoms with Gasteiger partial charge in [0.25, 0.3) is 0 Å². The molecule has 1 fully saturated rings. The third-order valence-electron chi connectivity index (χ3n) is 3.71. The number of rotatable bonds is 4. The lowest BCUT2D eigenvalue weighted by Crippen LogP contribution is -2.33. The minimum atomic E-state index is -1.12. The monoisotopic (exact) mass is 246 g/mol. The minimum absolute atomic E-state index is 0.103. The molecule has 1 aliphatic carbocycles. The molecule has 4 atom stereocenters. The van der Waals surface area contributed by atoms with Crippen LogP contribution in [-0.2, 0) is 15.3 Å². The van der Waals surface area contributed by atoms with Crippen molar-refractivity contribution in [1.82, 2.24) is 0 Å². The van der Waals surface area contributed by atoms with E-state index in [1.807, 2.05) is 13.8 Å². The predicted octanol–water partition coefficient (Wildman–Crippen LogP) is 3.54. The van der Waals surface area contributed by atoms with E-state index in [1.165, 1.54) is 12.8 Å². The zero-order valence-electron chi connectivity index (χ0n) is 11.2. The SMILES string of the molecule is CC(C)[C@@H]1CC[C@@H](C)[C@H](OS(=O)C(C)C)C1. The van der Waals surface area contributed by atoms with Crippen LogP contribution in [0.15, 0.2) is 0 Å². The van der Waals surface area contributed by atoms with Gasteiger partial charge in [-0.2, -0.15) is 0 Å². The Morgan fingerprint density at radius 3 is 2.31 bits per heavy atom. The maximum atomic E-state index is 11.7. The van der Waals surface area contributed by atoms with Crippen molar-refractivity contribution in [3.8, 4) is 0 Å². The van der Waals surface area contributed by atoms with Gasteiger partial charge in [0, 0.05) is 0 Å². The van der Waals surface area contributed by atoms with E-state index in [2.05, 4.69) is 20.8 Å². The molecule has 2 nitrogen and oxygen atoms in total. The number of hydrogen-bond acceptors (Lipinski definition) is 2. The normalized spacial score (nSPS) is 33.3. The zero-order valence-corrected chi connectivity index (χ0v) is 12.0. The number of hydrogen-bond donors (Lipinski definition) is 0. The summed E-state index contributed by atoms with van der Waals surface area (Å²) < 4.78 is 17.4. The quantitative estimate of drug-likeness (QED) is 0.758. The Hall–Kier alpha value is 0.110. The molecule has 96 valence electrons. The Labute approximate surface area is 103 Å². The largest absolute Gasteiger partial charge is 0.287 e. The molecule has 1 saturated carbocycles. The van der Waals surface area contributed by atoms with Crippen molar-refractivity contribution in [2.45, 2.75) is 65.2 Å². The fourth-order valence-corrected chi connectivity index (χ4v) is 3.02. The van der Waals surface area contributed by atoms with Crippen LogP contribution in [-0.4, -0.2) is 15.6 Å². The molecule has 0 heterocycles. The fourth-order valence-electron chi connectivity index (χ4n) is 2.28. The highest BCUT2D eigenvalue weighted by Gasteiger charge is 2.31. The maximum Gasteiger partial charge on any atom is 0.158 e. The van der Waals surface area contributed by atoms with Crippen LogP contribution in [0.5, 0.6) is 0 Å². The summed E-state index contributed by atoms with van der Waals surface area (Å²) in [6, 6.07) is 0. The third kappa shape index (κ3) is 3.85. The highest BCUT2D eigenvalue weighted by atomic mass is 32.2. The van der Waals surface area contributed by atoms with Gasteiger partial charge in [0.2, 0.25) is 0 Å². The summed E-state index contributed by atoms with van der Waals surface area (Å²) in [5.41, 5.74) is 0. The summed E-state index contributed by atoms with van der Waals surface area (Å²) in [6.45, 7) is 10.7. The lowest BCUT2D eigenvalue weighted by molar-refractivity contribution is 0.0709. The second kappa shape index (κ2) is 6.15. The van der Waals surface area contributed by atoms with Crippen molar-refractivity contribution < 1.29 is 8.39 Å². The summed E-state index contributed by atoms with van der Waals surface area (Å²) in [5.74, 6) is 2.01. The molecule has 0 aromatic carbocycles. The van der Waals surface area contributed by atoms with E-state index >= 15 is 0 Å². The van der Waals surface area contributed by atoms with Gasteiger partial charge in [-0.1, -0.05) is 20.8 Å². The molecule has 3 heteroatoms. The van der Waals surface area contributed by atoms with Crippen LogP contribution in [0, 0.1) is 17.8 Å². The second-order valence-electron chi connectivity index (χ2n) is 5.74. The van der Waals surface area contributed by atoms with E-state index in [9.17, 15) is 4.21 Å². The highest BCUT2D eigenvalue weighted by Crippen LogP contribution is 2.35. The van der Waals surface area contributed by atoms with E-state index in [4.69, 9.17) is 4.18 Å². The maximum absolute atomic E-state index is 11.7. The first kappa shape index (κ1) is 14.2. The molecule has 0 amide bonds. The Balaban J connectivity index is 2.53. The molecular formula is C13H26O2S. The van der Waals surface area contributed by atoms with Crippen LogP contribution in [0.1, 0.15) is 53.9 Å². The summed E-state index contributed by atoms with van der Waals surface area (Å²) in [4.78, 5) is 0. The van der Waals surface area contributed by atoms with Crippen LogP contribution in [0.25, 0.3) is 0 Å². The topological polar surface area (TPSA) is 26.3 Å². The third-order valence-corrected chi connectivity index (χ3v) is 4.92. The first-order valence-corrected chi connectivity index (χ1v) is 7.63. The van der Waals surface area contributed by atoms with E-state index in [0.29, 0.717) is 11.8 Å². The lowest BCUT2D eigenvalue weighted by atomic mass is 9.76. The molecule has 0 aromatic rings. The molecule has 1 unspecified atom stereocenters. The van der Waals surface area contributed by atoms with Gasteiger partial charge in [-0.05, 0) is 50.9 Å². The minimum Gasteiger partial charge on any atom is -0.287 e. The van der Waals surface area contributed by atoms with Gasteiger partial charge in [-0.25, -0.2) is 4.21 Å². The van der Waals surface area contributed by atoms with E-state index < -0.39 is 11.1 Å². The summed E-state index contributed by atoms with van der Waals surface area (Å²) >= 11 is -1.12. The fraction of sp³-hybridized carbons (Fsp3) is 1.00. The van der Waals surface area contributed by atoms with Crippen molar-refractivity contribution >= 4 is 11.1 Å². The van der Waals surface area contributed by atoms with E-state index in [0.717, 1.165) is 12.3 Å². The molecule has 0 radical (unpaired) electrons. The predicted molar refractivity (Wildman–Crippen MR) is 69.5 cm³/mol. The standard InChI is InChI=1S/C13H26O2S/c1-9(2)12-7-6-11(5)13(8-12)15-16(14)10(3)4/h9-13H,6-8H2,1-5H3/t11-,12-,13-,16?/m1/s1. The van der Waals surface area contributed by atoms with Gasteiger partial charge in [-0.15, -0.1) is 0 Å². The smallest absolute Gasteiger partial charge is 0.158 e. The zero-order chi connectivity index (χ0) is 12.3. The van der Waals surface area contributed by atoms with Gasteiger partial charge in [-0.3, -0.25) is 4.18 Å². The van der Waals surface area contributed by atoms with Gasteiger partial charge >= 0.3 is 0 Å². The molecule has 1 rings (SSSR count). The first-order valence-electron chi connectivity index (χ1n) is 6.49. The van der Waals surface area contributed by atoms with Crippen LogP contribution in [0.3, 0.4) is 0 Å². The average molecular weight is 246 g/mol. The Morgan fingerprint density at radius 2 is 1.81 bits per heavy atom. The summed E-state index contributed by atoms with van der Waals surface area (Å²) in [5, 5.41) is 0.103. The van der Waals surface area contributed by atoms with E-state index in [1.54, 1.807) is 0 Å². The second-order valence-corrected chi connectivity index (χ2v) is 7.39. The van der Waals surface area contributed by atoms with Crippen LogP contribution >= 0.6 is 0 Å². The molecule has 0 aromatic heterocycles. The molecular weight excluding hydrogens is 220 g/mol. The molecule has 1 aliphatic rings. The van der Waals surface area contributed by atoms with Crippen molar-refractivity contribution in [1.29, 1.82) is 0 Å². The van der Waals surface area contributed by atoms with Crippen LogP contribution in [0.4, 0.5) is 0 Å². The van der Waals surface area contributed by atoms with E-state index in [-0.39, 0.29) is 11.4 Å². The van der Waals surface area contributed by atoms with Crippen molar-refractivity contribution in [2.75, 3.05) is 0 Å². The lowest BCUT2D eigenvalue weighted by Gasteiger charge is -2.35. The molecule has 0 bridgehead atoms. The summed E-state index contributed by atoms with van der Waals surface area (Å²) in [6.07, 6.45) is 3.79. The Morgan fingerprint density at radius 1 is 1.19 bits per heavy atom. The van der Waals surface area contributed by atoms with Crippen LogP contribution < -0.4 is 0 Å². The molecule has 16 heavy (non-hydrogen) atoms. The van der Waals surface area contributed by atoms with Gasteiger partial charge < -0.3 is 0 Å². The molecule has 0 spiro atoms. The van der Waals surface area contributed by atoms with Crippen molar-refractivity contribution in [2.24, 2.45) is 17.8 Å². The van der Waals surface area contributed by atoms with Crippen LogP contribution in [0.2, 0.25) is 0 Å².